The van der Waals surface area contributed by atoms with E-state index in [2.05, 4.69) is 10.3 Å². The lowest BCUT2D eigenvalue weighted by atomic mass is 10.1. The lowest BCUT2D eigenvalue weighted by Gasteiger charge is -2.31. The Morgan fingerprint density at radius 2 is 2.09 bits per heavy atom. The number of rotatable bonds is 7. The zero-order valence-electron chi connectivity index (χ0n) is 13.6. The molecule has 2 aliphatic heterocycles. The summed E-state index contributed by atoms with van der Waals surface area (Å²) in [5, 5.41) is 22.3. The summed E-state index contributed by atoms with van der Waals surface area (Å²) >= 11 is 0. The number of aliphatic imine (C=N–C) groups is 1. The van der Waals surface area contributed by atoms with Crippen molar-refractivity contribution in [2.45, 2.75) is 31.5 Å². The number of carbonyl (C=O) groups is 2. The summed E-state index contributed by atoms with van der Waals surface area (Å²) in [6.45, 7) is 2.45. The third-order valence-corrected chi connectivity index (χ3v) is 4.17. The van der Waals surface area contributed by atoms with Gasteiger partial charge in [-0.05, 0) is 11.4 Å². The molecule has 9 heteroatoms. The summed E-state index contributed by atoms with van der Waals surface area (Å²) in [6, 6.07) is -1.17. The Morgan fingerprint density at radius 3 is 2.70 bits per heavy atom. The van der Waals surface area contributed by atoms with E-state index in [9.17, 15) is 14.7 Å². The predicted molar refractivity (Wildman–Crippen MR) is 83.5 cm³/mol. The number of nitrogens with zero attached hydrogens (tertiary/aromatic N) is 4. The molecule has 9 nitrogen and oxygen atoms in total. The molecule has 0 spiro atoms. The number of β-amino-alcohol motifs (C(OH)–C–C–N with tert-alkyl or cyclic N) is 1. The second kappa shape index (κ2) is 7.16. The van der Waals surface area contributed by atoms with Crippen molar-refractivity contribution in [1.29, 1.82) is 0 Å². The summed E-state index contributed by atoms with van der Waals surface area (Å²) in [7, 11) is 3.00. The first-order valence-corrected chi connectivity index (χ1v) is 7.65. The molecule has 0 saturated carbocycles. The van der Waals surface area contributed by atoms with Crippen LogP contribution in [0, 0.1) is 0 Å². The van der Waals surface area contributed by atoms with Gasteiger partial charge in [0.1, 0.15) is 12.6 Å². The highest BCUT2D eigenvalue weighted by molar-refractivity contribution is 6.21. The number of fused-ring (bicyclic) bond motifs is 1. The maximum atomic E-state index is 12.3. The number of aliphatic hydroxyl groups is 2. The standard InChI is InChI=1S/C14H24N5O4/c1-4-9(7-20)15-5-10(21)6-19-8-16-12-11(19)13(22)18(3)14(23)17(12)2/h8-11,15,20-21H,4-7H2,1-3H3/q+1. The van der Waals surface area contributed by atoms with Gasteiger partial charge in [-0.1, -0.05) is 6.92 Å². The molecule has 0 bridgehead atoms. The molecule has 3 unspecified atom stereocenters. The molecular formula is C14H24N5O4+. The minimum atomic E-state index is -0.734. The van der Waals surface area contributed by atoms with Crippen molar-refractivity contribution in [3.63, 3.8) is 0 Å². The zero-order chi connectivity index (χ0) is 17.1. The van der Waals surface area contributed by atoms with Crippen molar-refractivity contribution in [1.82, 2.24) is 15.1 Å². The van der Waals surface area contributed by atoms with Crippen LogP contribution in [0.15, 0.2) is 4.99 Å². The molecule has 0 aromatic carbocycles. The second-order valence-corrected chi connectivity index (χ2v) is 5.79. The molecule has 0 radical (unpaired) electrons. The highest BCUT2D eigenvalue weighted by Crippen LogP contribution is 2.16. The normalized spacial score (nSPS) is 23.6. The highest BCUT2D eigenvalue weighted by Gasteiger charge is 2.50. The van der Waals surface area contributed by atoms with Crippen LogP contribution >= 0.6 is 0 Å². The molecule has 128 valence electrons. The largest absolute Gasteiger partial charge is 0.395 e. The highest BCUT2D eigenvalue weighted by atomic mass is 16.3. The lowest BCUT2D eigenvalue weighted by molar-refractivity contribution is -0.539. The summed E-state index contributed by atoms with van der Waals surface area (Å²) in [5.41, 5.74) is 0. The fraction of sp³-hybridized carbons (Fsp3) is 0.714. The number of hydrogen-bond donors (Lipinski definition) is 3. The molecule has 2 heterocycles. The summed E-state index contributed by atoms with van der Waals surface area (Å²) < 4.78 is 1.63. The van der Waals surface area contributed by atoms with Crippen LogP contribution in [0.4, 0.5) is 4.79 Å². The van der Waals surface area contributed by atoms with E-state index in [0.717, 1.165) is 11.3 Å². The third-order valence-electron chi connectivity index (χ3n) is 4.17. The van der Waals surface area contributed by atoms with Crippen LogP contribution in [0.25, 0.3) is 0 Å². The molecule has 0 aliphatic carbocycles. The van der Waals surface area contributed by atoms with Gasteiger partial charge in [0.15, 0.2) is 0 Å². The van der Waals surface area contributed by atoms with E-state index in [1.165, 1.54) is 18.3 Å². The number of nitrogens with one attached hydrogen (secondary N) is 1. The number of amides is 3. The van der Waals surface area contributed by atoms with Crippen LogP contribution in [-0.2, 0) is 4.79 Å². The van der Waals surface area contributed by atoms with Gasteiger partial charge in [0, 0.05) is 26.7 Å². The van der Waals surface area contributed by atoms with E-state index in [-0.39, 0.29) is 25.1 Å². The van der Waals surface area contributed by atoms with Gasteiger partial charge in [0.25, 0.3) is 24.1 Å². The Hall–Kier alpha value is -1.84. The van der Waals surface area contributed by atoms with E-state index in [1.807, 2.05) is 6.92 Å². The SMILES string of the molecule is CCC(CO)NCC(O)C[N+]1=CN=C2C1C(=O)N(C)C(=O)N2C. The van der Waals surface area contributed by atoms with Crippen LogP contribution in [0.1, 0.15) is 13.3 Å². The van der Waals surface area contributed by atoms with Crippen molar-refractivity contribution < 1.29 is 24.4 Å². The average Bonchev–Trinajstić information content (AvgIpc) is 2.95. The monoisotopic (exact) mass is 326 g/mol. The molecule has 3 atom stereocenters. The molecule has 0 aromatic rings. The third kappa shape index (κ3) is 3.41. The van der Waals surface area contributed by atoms with Gasteiger partial charge in [-0.3, -0.25) is 14.6 Å². The average molecular weight is 326 g/mol. The molecule has 3 amide bonds. The van der Waals surface area contributed by atoms with Gasteiger partial charge < -0.3 is 15.5 Å². The molecule has 1 fully saturated rings. The Kier molecular flexibility index (Phi) is 5.45. The topological polar surface area (TPSA) is 108 Å². The number of amidine groups is 1. The molecule has 23 heavy (non-hydrogen) atoms. The van der Waals surface area contributed by atoms with Crippen molar-refractivity contribution in [3.8, 4) is 0 Å². The van der Waals surface area contributed by atoms with Gasteiger partial charge in [0.05, 0.1) is 6.61 Å². The number of urea groups is 1. The molecule has 1 saturated heterocycles. The summed E-state index contributed by atoms with van der Waals surface area (Å²) in [6.07, 6.45) is 1.50. The Labute approximate surface area is 134 Å². The van der Waals surface area contributed by atoms with Crippen molar-refractivity contribution in [2.24, 2.45) is 4.99 Å². The van der Waals surface area contributed by atoms with E-state index >= 15 is 0 Å². The number of likely N-dealkylation sites (N-methyl/N-ethyl adjacent to an activating group) is 2. The Balaban J connectivity index is 1.98. The minimum absolute atomic E-state index is 0.00509. The minimum Gasteiger partial charge on any atom is -0.395 e. The Morgan fingerprint density at radius 1 is 1.39 bits per heavy atom. The van der Waals surface area contributed by atoms with Crippen LogP contribution in [0.3, 0.4) is 0 Å². The first-order valence-electron chi connectivity index (χ1n) is 7.65. The molecule has 2 aliphatic rings. The van der Waals surface area contributed by atoms with Crippen LogP contribution in [0.5, 0.6) is 0 Å². The predicted octanol–water partition coefficient (Wildman–Crippen LogP) is -1.95. The lowest BCUT2D eigenvalue weighted by Crippen LogP contribution is -2.62. The maximum absolute atomic E-state index is 12.3. The molecule has 3 N–H and O–H groups in total. The van der Waals surface area contributed by atoms with Crippen LogP contribution in [0.2, 0.25) is 0 Å². The smallest absolute Gasteiger partial charge is 0.333 e. The van der Waals surface area contributed by atoms with E-state index in [1.54, 1.807) is 11.6 Å². The number of aliphatic hydroxyl groups excluding tert-OH is 2. The van der Waals surface area contributed by atoms with E-state index in [4.69, 9.17) is 5.11 Å². The van der Waals surface area contributed by atoms with Crippen molar-refractivity contribution >= 4 is 24.1 Å². The number of imide groups is 1. The van der Waals surface area contributed by atoms with Crippen molar-refractivity contribution in [3.05, 3.63) is 0 Å². The van der Waals surface area contributed by atoms with Gasteiger partial charge in [-0.15, -0.1) is 0 Å². The van der Waals surface area contributed by atoms with Gasteiger partial charge >= 0.3 is 6.03 Å². The van der Waals surface area contributed by atoms with Gasteiger partial charge in [0.2, 0.25) is 0 Å². The number of hydrogen-bond acceptors (Lipinski definition) is 6. The van der Waals surface area contributed by atoms with E-state index in [0.29, 0.717) is 12.4 Å². The molecule has 2 rings (SSSR count). The summed E-state index contributed by atoms with van der Waals surface area (Å²) in [5.74, 6) is 0.0163. The quantitative estimate of drug-likeness (QED) is 0.471. The van der Waals surface area contributed by atoms with Gasteiger partial charge in [-0.2, -0.15) is 0 Å². The van der Waals surface area contributed by atoms with Crippen molar-refractivity contribution in [2.75, 3.05) is 33.8 Å². The first-order chi connectivity index (χ1) is 10.9. The van der Waals surface area contributed by atoms with E-state index < -0.39 is 18.2 Å². The van der Waals surface area contributed by atoms with Crippen LogP contribution < -0.4 is 5.32 Å². The Bertz CT molecular complexity index is 543. The molecule has 0 aromatic heterocycles. The fourth-order valence-corrected chi connectivity index (χ4v) is 2.64. The zero-order valence-corrected chi connectivity index (χ0v) is 13.6. The fourth-order valence-electron chi connectivity index (χ4n) is 2.64. The van der Waals surface area contributed by atoms with Gasteiger partial charge in [-0.25, -0.2) is 9.37 Å². The number of carbonyl (C=O) groups excluding carboxylic acids is 2. The second-order valence-electron chi connectivity index (χ2n) is 5.79. The first kappa shape index (κ1) is 17.5. The molecular weight excluding hydrogens is 302 g/mol. The summed E-state index contributed by atoms with van der Waals surface area (Å²) in [4.78, 5) is 30.7. The maximum Gasteiger partial charge on any atom is 0.333 e. The van der Waals surface area contributed by atoms with Crippen LogP contribution in [-0.4, -0.2) is 101 Å².